The van der Waals surface area contributed by atoms with E-state index in [9.17, 15) is 9.59 Å². The Kier molecular flexibility index (Phi) is 19.2. The van der Waals surface area contributed by atoms with E-state index in [2.05, 4.69) is 67.7 Å². The normalized spacial score (nSPS) is 12.3. The molecule has 0 aromatic rings. The molecule has 0 atom stereocenters. The van der Waals surface area contributed by atoms with E-state index in [1.54, 1.807) is 0 Å². The minimum atomic E-state index is -0.977. The lowest BCUT2D eigenvalue weighted by atomic mass is 10.2. The average Bonchev–Trinajstić information content (AvgIpc) is 2.68. The zero-order valence-corrected chi connectivity index (χ0v) is 17.2. The molecule has 4 heteroatoms. The van der Waals surface area contributed by atoms with Crippen LogP contribution in [0, 0.1) is 0 Å². The van der Waals surface area contributed by atoms with Crippen LogP contribution in [0.1, 0.15) is 71.1 Å². The summed E-state index contributed by atoms with van der Waals surface area (Å²) in [6.45, 7) is 2.51. The fourth-order valence-corrected chi connectivity index (χ4v) is 2.20. The second-order valence-electron chi connectivity index (χ2n) is 6.32. The summed E-state index contributed by atoms with van der Waals surface area (Å²) in [5.74, 6) is -1.41. The summed E-state index contributed by atoms with van der Waals surface area (Å²) in [6.07, 6.45) is 29.3. The smallest absolute Gasteiger partial charge is 0.306 e. The molecule has 0 aromatic carbocycles. The number of carboxylic acids is 1. The van der Waals surface area contributed by atoms with Crippen molar-refractivity contribution in [3.63, 3.8) is 0 Å². The van der Waals surface area contributed by atoms with Crippen LogP contribution in [-0.4, -0.2) is 23.7 Å². The summed E-state index contributed by atoms with van der Waals surface area (Å²) in [6, 6.07) is 0. The van der Waals surface area contributed by atoms with Gasteiger partial charge >= 0.3 is 11.9 Å². The van der Waals surface area contributed by atoms with Gasteiger partial charge in [-0.1, -0.05) is 67.7 Å². The zero-order valence-electron chi connectivity index (χ0n) is 17.2. The van der Waals surface area contributed by atoms with Crippen molar-refractivity contribution in [1.82, 2.24) is 0 Å². The fourth-order valence-electron chi connectivity index (χ4n) is 2.20. The van der Waals surface area contributed by atoms with Crippen LogP contribution in [0.2, 0.25) is 0 Å². The maximum Gasteiger partial charge on any atom is 0.306 e. The van der Waals surface area contributed by atoms with Crippen molar-refractivity contribution in [2.75, 3.05) is 6.61 Å². The highest BCUT2D eigenvalue weighted by Gasteiger charge is 2.05. The first-order valence-electron chi connectivity index (χ1n) is 10.3. The summed E-state index contributed by atoms with van der Waals surface area (Å²) in [5.41, 5.74) is 0. The van der Waals surface area contributed by atoms with Crippen molar-refractivity contribution in [1.29, 1.82) is 0 Å². The summed E-state index contributed by atoms with van der Waals surface area (Å²) in [4.78, 5) is 21.5. The van der Waals surface area contributed by atoms with Gasteiger partial charge in [0.1, 0.15) is 0 Å². The number of hydrogen-bond donors (Lipinski definition) is 1. The minimum Gasteiger partial charge on any atom is -0.481 e. The minimum absolute atomic E-state index is 0.0515. The van der Waals surface area contributed by atoms with Gasteiger partial charge in [-0.15, -0.1) is 0 Å². The van der Waals surface area contributed by atoms with Crippen molar-refractivity contribution in [3.05, 3.63) is 60.8 Å². The van der Waals surface area contributed by atoms with Gasteiger partial charge in [0, 0.05) is 0 Å². The summed E-state index contributed by atoms with van der Waals surface area (Å²) in [7, 11) is 0. The maximum atomic E-state index is 11.2. The van der Waals surface area contributed by atoms with Crippen molar-refractivity contribution in [3.8, 4) is 0 Å². The molecule has 4 nitrogen and oxygen atoms in total. The second-order valence-corrected chi connectivity index (χ2v) is 6.32. The number of allylic oxidation sites excluding steroid dienone is 10. The van der Waals surface area contributed by atoms with Crippen LogP contribution in [0.4, 0.5) is 0 Å². The average molecular weight is 389 g/mol. The fraction of sp³-hybridized carbons (Fsp3) is 0.500. The number of unbranched alkanes of at least 4 members (excludes halogenated alkanes) is 2. The van der Waals surface area contributed by atoms with Crippen LogP contribution < -0.4 is 0 Å². The first kappa shape index (κ1) is 25.6. The molecule has 0 rings (SSSR count). The molecule has 1 N–H and O–H groups in total. The van der Waals surface area contributed by atoms with Crippen LogP contribution in [0.15, 0.2) is 60.8 Å². The van der Waals surface area contributed by atoms with E-state index in [4.69, 9.17) is 9.84 Å². The third-order valence-corrected chi connectivity index (χ3v) is 3.73. The number of aliphatic carboxylic acids is 1. The predicted octanol–water partition coefficient (Wildman–Crippen LogP) is 6.32. The molecule has 0 spiro atoms. The monoisotopic (exact) mass is 388 g/mol. The summed E-state index contributed by atoms with van der Waals surface area (Å²) in [5, 5.41) is 8.47. The molecule has 0 fully saturated rings. The lowest BCUT2D eigenvalue weighted by Gasteiger charge is -2.02. The Morgan fingerprint density at radius 2 is 1.21 bits per heavy atom. The van der Waals surface area contributed by atoms with Crippen LogP contribution in [0.3, 0.4) is 0 Å². The highest BCUT2D eigenvalue weighted by atomic mass is 16.5. The highest BCUT2D eigenvalue weighted by molar-refractivity contribution is 5.76. The Morgan fingerprint density at radius 1 is 0.714 bits per heavy atom. The number of carbonyl (C=O) groups is 2. The highest BCUT2D eigenvalue weighted by Crippen LogP contribution is 2.01. The molecule has 0 amide bonds. The first-order valence-corrected chi connectivity index (χ1v) is 10.3. The van der Waals surface area contributed by atoms with Crippen molar-refractivity contribution in [2.45, 2.75) is 71.1 Å². The summed E-state index contributed by atoms with van der Waals surface area (Å²) >= 11 is 0. The molecule has 0 saturated carbocycles. The van der Waals surface area contributed by atoms with Crippen molar-refractivity contribution >= 4 is 11.9 Å². The third kappa shape index (κ3) is 21.7. The van der Waals surface area contributed by atoms with E-state index in [0.717, 1.165) is 51.4 Å². The van der Waals surface area contributed by atoms with Crippen molar-refractivity contribution in [2.24, 2.45) is 0 Å². The van der Waals surface area contributed by atoms with E-state index < -0.39 is 11.9 Å². The lowest BCUT2D eigenvalue weighted by molar-refractivity contribution is -0.147. The van der Waals surface area contributed by atoms with Gasteiger partial charge in [0.25, 0.3) is 0 Å². The SMILES string of the molecule is CC/C=C/C/C=C\C/C=C/C/C=C/C/C=C/CCCCOC(=O)CCC(=O)O. The van der Waals surface area contributed by atoms with Gasteiger partial charge in [-0.3, -0.25) is 9.59 Å². The molecular formula is C24H36O4. The third-order valence-electron chi connectivity index (χ3n) is 3.73. The molecule has 0 aliphatic heterocycles. The first-order chi connectivity index (χ1) is 13.7. The molecule has 0 unspecified atom stereocenters. The van der Waals surface area contributed by atoms with E-state index in [-0.39, 0.29) is 12.8 Å². The number of carboxylic acid groups (broad SMARTS) is 1. The van der Waals surface area contributed by atoms with Gasteiger partial charge < -0.3 is 9.84 Å². The van der Waals surface area contributed by atoms with Gasteiger partial charge in [0.05, 0.1) is 19.4 Å². The standard InChI is InChI=1S/C24H36O4/c1-2-3-4-5-6-7-8-9-10-11-12-13-14-15-16-17-18-19-22-28-24(27)21-20-23(25)26/h3-4,6-7,9-10,12-13,15-16H,2,5,8,11,14,17-22H2,1H3,(H,25,26)/b4-3+,7-6-,10-9+,13-12+,16-15+. The topological polar surface area (TPSA) is 63.6 Å². The molecule has 0 aromatic heterocycles. The molecule has 0 saturated heterocycles. The van der Waals surface area contributed by atoms with E-state index in [1.165, 1.54) is 0 Å². The predicted molar refractivity (Wildman–Crippen MR) is 116 cm³/mol. The van der Waals surface area contributed by atoms with E-state index in [0.29, 0.717) is 6.61 Å². The Hall–Kier alpha value is -2.36. The number of rotatable bonds is 17. The Balaban J connectivity index is 3.47. The Morgan fingerprint density at radius 3 is 1.71 bits per heavy atom. The zero-order chi connectivity index (χ0) is 20.7. The second kappa shape index (κ2) is 20.9. The van der Waals surface area contributed by atoms with E-state index in [1.807, 2.05) is 0 Å². The van der Waals surface area contributed by atoms with Crippen LogP contribution in [0.5, 0.6) is 0 Å². The molecule has 0 radical (unpaired) electrons. The number of hydrogen-bond acceptors (Lipinski definition) is 3. The molecule has 28 heavy (non-hydrogen) atoms. The number of ether oxygens (including phenoxy) is 1. The van der Waals surface area contributed by atoms with Gasteiger partial charge in [-0.2, -0.15) is 0 Å². The van der Waals surface area contributed by atoms with Gasteiger partial charge in [0.2, 0.25) is 0 Å². The van der Waals surface area contributed by atoms with Crippen LogP contribution in [0.25, 0.3) is 0 Å². The number of esters is 1. The van der Waals surface area contributed by atoms with Crippen molar-refractivity contribution < 1.29 is 19.4 Å². The molecule has 0 aliphatic carbocycles. The Bertz CT molecular complexity index is 539. The molecule has 156 valence electrons. The maximum absolute atomic E-state index is 11.2. The molecule has 0 heterocycles. The summed E-state index contributed by atoms with van der Waals surface area (Å²) < 4.78 is 4.97. The molecule has 0 bridgehead atoms. The largest absolute Gasteiger partial charge is 0.481 e. The van der Waals surface area contributed by atoms with Gasteiger partial charge in [-0.05, 0) is 51.4 Å². The van der Waals surface area contributed by atoms with Gasteiger partial charge in [0.15, 0.2) is 0 Å². The Labute approximate surface area is 170 Å². The van der Waals surface area contributed by atoms with Gasteiger partial charge in [-0.25, -0.2) is 0 Å². The quantitative estimate of drug-likeness (QED) is 0.180. The molecule has 0 aliphatic rings. The van der Waals surface area contributed by atoms with E-state index >= 15 is 0 Å². The van der Waals surface area contributed by atoms with Crippen LogP contribution >= 0.6 is 0 Å². The lowest BCUT2D eigenvalue weighted by Crippen LogP contribution is -2.08. The molecular weight excluding hydrogens is 352 g/mol. The van der Waals surface area contributed by atoms with Crippen LogP contribution in [-0.2, 0) is 14.3 Å². The number of carbonyl (C=O) groups excluding carboxylic acids is 1.